The Morgan fingerprint density at radius 2 is 1.50 bits per heavy atom. The van der Waals surface area contributed by atoms with Crippen LogP contribution in [0, 0.1) is 18.3 Å². The molecule has 3 heteroatoms. The molecule has 108 valence electrons. The van der Waals surface area contributed by atoms with E-state index < -0.39 is 0 Å². The molecule has 3 aromatic rings. The minimum atomic E-state index is 0.204. The van der Waals surface area contributed by atoms with Crippen LogP contribution in [0.2, 0.25) is 0 Å². The lowest BCUT2D eigenvalue weighted by atomic mass is 9.94. The second-order valence-corrected chi connectivity index (χ2v) is 5.33. The number of fused-ring (bicyclic) bond motifs is 1. The van der Waals surface area contributed by atoms with Crippen LogP contribution in [0.25, 0.3) is 10.8 Å². The third-order valence-corrected chi connectivity index (χ3v) is 3.99. The molecular weight excluding hydrogens is 274 g/mol. The largest absolute Gasteiger partial charge is 0.507 e. The summed E-state index contributed by atoms with van der Waals surface area (Å²) < 4.78 is 0. The first-order chi connectivity index (χ1) is 10.6. The highest BCUT2D eigenvalue weighted by Crippen LogP contribution is 2.39. The zero-order valence-electron chi connectivity index (χ0n) is 12.2. The molecule has 0 atom stereocenters. The Kier molecular flexibility index (Phi) is 3.44. The van der Waals surface area contributed by atoms with Crippen LogP contribution >= 0.6 is 0 Å². The predicted octanol–water partition coefficient (Wildman–Crippen LogP) is 4.02. The van der Waals surface area contributed by atoms with Crippen LogP contribution in [0.3, 0.4) is 0 Å². The Labute approximate surface area is 128 Å². The molecular formula is C19H15NO2. The summed E-state index contributed by atoms with van der Waals surface area (Å²) in [6, 6.07) is 16.6. The summed E-state index contributed by atoms with van der Waals surface area (Å²) in [7, 11) is 0. The number of hydrogen-bond donors (Lipinski definition) is 2. The van der Waals surface area contributed by atoms with Gasteiger partial charge in [0.25, 0.3) is 0 Å². The van der Waals surface area contributed by atoms with E-state index in [0.29, 0.717) is 33.9 Å². The molecule has 0 radical (unpaired) electrons. The first kappa shape index (κ1) is 14.0. The molecule has 0 heterocycles. The van der Waals surface area contributed by atoms with E-state index in [0.717, 1.165) is 5.56 Å². The third-order valence-electron chi connectivity index (χ3n) is 3.99. The van der Waals surface area contributed by atoms with Crippen LogP contribution in [-0.2, 0) is 6.42 Å². The lowest BCUT2D eigenvalue weighted by molar-refractivity contribution is 0.461. The number of phenols is 2. The molecule has 0 aliphatic rings. The SMILES string of the molecule is Cc1c(Cc2ccc(C#N)cc2)c(O)c2ccccc2c1O. The van der Waals surface area contributed by atoms with Crippen molar-refractivity contribution in [3.63, 3.8) is 0 Å². The fourth-order valence-electron chi connectivity index (χ4n) is 2.70. The topological polar surface area (TPSA) is 64.2 Å². The maximum Gasteiger partial charge on any atom is 0.127 e. The molecule has 3 rings (SSSR count). The fraction of sp³-hybridized carbons (Fsp3) is 0.105. The Morgan fingerprint density at radius 1 is 0.909 bits per heavy atom. The van der Waals surface area contributed by atoms with E-state index in [1.807, 2.05) is 24.3 Å². The van der Waals surface area contributed by atoms with Gasteiger partial charge in [0.15, 0.2) is 0 Å². The molecule has 0 spiro atoms. The van der Waals surface area contributed by atoms with E-state index in [1.54, 1.807) is 31.2 Å². The van der Waals surface area contributed by atoms with Crippen molar-refractivity contribution in [3.05, 3.63) is 70.8 Å². The Balaban J connectivity index is 2.12. The number of phenolic OH excluding ortho intramolecular Hbond substituents is 2. The number of nitriles is 1. The van der Waals surface area contributed by atoms with Crippen LogP contribution in [0.5, 0.6) is 11.5 Å². The summed E-state index contributed by atoms with van der Waals surface area (Å²) in [6.07, 6.45) is 0.502. The van der Waals surface area contributed by atoms with Crippen molar-refractivity contribution in [2.45, 2.75) is 13.3 Å². The van der Waals surface area contributed by atoms with Gasteiger partial charge in [-0.1, -0.05) is 36.4 Å². The fourth-order valence-corrected chi connectivity index (χ4v) is 2.70. The molecule has 0 saturated carbocycles. The number of hydrogen-bond acceptors (Lipinski definition) is 3. The average molecular weight is 289 g/mol. The molecule has 22 heavy (non-hydrogen) atoms. The molecule has 0 saturated heterocycles. The molecule has 0 unspecified atom stereocenters. The molecule has 3 nitrogen and oxygen atoms in total. The van der Waals surface area contributed by atoms with Gasteiger partial charge < -0.3 is 10.2 Å². The van der Waals surface area contributed by atoms with Crippen molar-refractivity contribution in [2.75, 3.05) is 0 Å². The first-order valence-corrected chi connectivity index (χ1v) is 7.03. The lowest BCUT2D eigenvalue weighted by Crippen LogP contribution is -1.95. The molecule has 0 aromatic heterocycles. The summed E-state index contributed by atoms with van der Waals surface area (Å²) in [4.78, 5) is 0. The molecule has 0 aliphatic heterocycles. The van der Waals surface area contributed by atoms with Gasteiger partial charge in [0.05, 0.1) is 11.6 Å². The van der Waals surface area contributed by atoms with E-state index in [-0.39, 0.29) is 11.5 Å². The minimum Gasteiger partial charge on any atom is -0.507 e. The van der Waals surface area contributed by atoms with E-state index in [1.165, 1.54) is 0 Å². The highest BCUT2D eigenvalue weighted by Gasteiger charge is 2.15. The van der Waals surface area contributed by atoms with Crippen molar-refractivity contribution < 1.29 is 10.2 Å². The van der Waals surface area contributed by atoms with Gasteiger partial charge in [-0.2, -0.15) is 5.26 Å². The Morgan fingerprint density at radius 3 is 2.09 bits per heavy atom. The quantitative estimate of drug-likeness (QED) is 0.700. The first-order valence-electron chi connectivity index (χ1n) is 7.03. The standard InChI is InChI=1S/C19H15NO2/c1-12-17(10-13-6-8-14(11-20)9-7-13)19(22)16-5-3-2-4-15(16)18(12)21/h2-9,21-22H,10H2,1H3. The maximum atomic E-state index is 10.6. The number of benzene rings is 3. The highest BCUT2D eigenvalue weighted by molar-refractivity contribution is 5.95. The van der Waals surface area contributed by atoms with Crippen LogP contribution < -0.4 is 0 Å². The zero-order valence-corrected chi connectivity index (χ0v) is 12.2. The van der Waals surface area contributed by atoms with E-state index in [9.17, 15) is 10.2 Å². The summed E-state index contributed by atoms with van der Waals surface area (Å²) in [5, 5.41) is 31.1. The molecule has 0 amide bonds. The van der Waals surface area contributed by atoms with Gasteiger partial charge in [-0.15, -0.1) is 0 Å². The molecule has 0 bridgehead atoms. The van der Waals surface area contributed by atoms with Gasteiger partial charge >= 0.3 is 0 Å². The van der Waals surface area contributed by atoms with Crippen LogP contribution in [0.1, 0.15) is 22.3 Å². The normalized spacial score (nSPS) is 10.5. The van der Waals surface area contributed by atoms with E-state index >= 15 is 0 Å². The predicted molar refractivity (Wildman–Crippen MR) is 86.0 cm³/mol. The lowest BCUT2D eigenvalue weighted by Gasteiger charge is -2.14. The van der Waals surface area contributed by atoms with E-state index in [2.05, 4.69) is 6.07 Å². The molecule has 2 N–H and O–H groups in total. The molecule has 0 aliphatic carbocycles. The van der Waals surface area contributed by atoms with E-state index in [4.69, 9.17) is 5.26 Å². The van der Waals surface area contributed by atoms with Crippen molar-refractivity contribution in [3.8, 4) is 17.6 Å². The van der Waals surface area contributed by atoms with Gasteiger partial charge in [-0.3, -0.25) is 0 Å². The summed E-state index contributed by atoms with van der Waals surface area (Å²) in [5.74, 6) is 0.410. The monoisotopic (exact) mass is 289 g/mol. The van der Waals surface area contributed by atoms with Crippen molar-refractivity contribution in [1.82, 2.24) is 0 Å². The summed E-state index contributed by atoms with van der Waals surface area (Å²) >= 11 is 0. The Hall–Kier alpha value is -2.99. The third kappa shape index (κ3) is 2.25. The van der Waals surface area contributed by atoms with Gasteiger partial charge in [-0.25, -0.2) is 0 Å². The molecule has 3 aromatic carbocycles. The molecule has 0 fully saturated rings. The maximum absolute atomic E-state index is 10.6. The van der Waals surface area contributed by atoms with Gasteiger partial charge in [0.1, 0.15) is 11.5 Å². The van der Waals surface area contributed by atoms with Gasteiger partial charge in [0.2, 0.25) is 0 Å². The number of nitrogens with zero attached hydrogens (tertiary/aromatic N) is 1. The van der Waals surface area contributed by atoms with Crippen molar-refractivity contribution in [1.29, 1.82) is 5.26 Å². The number of rotatable bonds is 2. The van der Waals surface area contributed by atoms with Gasteiger partial charge in [-0.05, 0) is 30.2 Å². The zero-order chi connectivity index (χ0) is 15.7. The van der Waals surface area contributed by atoms with Crippen LogP contribution in [-0.4, -0.2) is 10.2 Å². The van der Waals surface area contributed by atoms with Crippen molar-refractivity contribution in [2.24, 2.45) is 0 Å². The summed E-state index contributed by atoms with van der Waals surface area (Å²) in [6.45, 7) is 1.81. The van der Waals surface area contributed by atoms with Crippen molar-refractivity contribution >= 4 is 10.8 Å². The van der Waals surface area contributed by atoms with Gasteiger partial charge in [0, 0.05) is 22.8 Å². The second kappa shape index (κ2) is 5.42. The highest BCUT2D eigenvalue weighted by atomic mass is 16.3. The smallest absolute Gasteiger partial charge is 0.127 e. The van der Waals surface area contributed by atoms with Crippen LogP contribution in [0.15, 0.2) is 48.5 Å². The van der Waals surface area contributed by atoms with Crippen LogP contribution in [0.4, 0.5) is 0 Å². The second-order valence-electron chi connectivity index (χ2n) is 5.33. The summed E-state index contributed by atoms with van der Waals surface area (Å²) in [5.41, 5.74) is 2.97. The Bertz CT molecular complexity index is 890. The minimum absolute atomic E-state index is 0.204. The number of aromatic hydroxyl groups is 2. The average Bonchev–Trinajstić information content (AvgIpc) is 2.57.